The largest absolute Gasteiger partial charge is 0.494 e. The van der Waals surface area contributed by atoms with Crippen LogP contribution in [0.4, 0.5) is 0 Å². The zero-order valence-electron chi connectivity index (χ0n) is 14.3. The molecule has 1 atom stereocenters. The summed E-state index contributed by atoms with van der Waals surface area (Å²) in [7, 11) is 1.24. The van der Waals surface area contributed by atoms with Gasteiger partial charge in [0.25, 0.3) is 5.91 Å². The summed E-state index contributed by atoms with van der Waals surface area (Å²) in [5.41, 5.74) is 0. The highest BCUT2D eigenvalue weighted by Crippen LogP contribution is 2.18. The molecule has 1 aliphatic heterocycles. The first kappa shape index (κ1) is 18.6. The number of piperazine rings is 1. The Morgan fingerprint density at radius 1 is 1.20 bits per heavy atom. The van der Waals surface area contributed by atoms with Crippen molar-refractivity contribution in [2.75, 3.05) is 33.4 Å². The molecule has 1 aliphatic rings. The monoisotopic (exact) mass is 350 g/mol. The minimum atomic E-state index is -0.877. The number of hydrogen-bond donors (Lipinski definition) is 1. The number of amides is 2. The first-order valence-corrected chi connectivity index (χ1v) is 8.04. The van der Waals surface area contributed by atoms with Gasteiger partial charge in [-0.3, -0.25) is 14.4 Å². The van der Waals surface area contributed by atoms with Crippen molar-refractivity contribution in [1.29, 1.82) is 0 Å². The van der Waals surface area contributed by atoms with Crippen LogP contribution in [-0.2, 0) is 19.1 Å². The highest BCUT2D eigenvalue weighted by Gasteiger charge is 2.35. The van der Waals surface area contributed by atoms with E-state index in [1.165, 1.54) is 12.0 Å². The van der Waals surface area contributed by atoms with E-state index in [1.807, 2.05) is 6.92 Å². The molecule has 1 N–H and O–H groups in total. The number of hydrogen-bond acceptors (Lipinski definition) is 6. The lowest BCUT2D eigenvalue weighted by Crippen LogP contribution is -2.58. The van der Waals surface area contributed by atoms with Gasteiger partial charge in [-0.25, -0.2) is 0 Å². The second kappa shape index (κ2) is 8.91. The molecule has 136 valence electrons. The third kappa shape index (κ3) is 5.10. The van der Waals surface area contributed by atoms with Crippen LogP contribution in [0.5, 0.6) is 11.5 Å². The van der Waals surface area contributed by atoms with Crippen molar-refractivity contribution in [1.82, 2.24) is 10.2 Å². The van der Waals surface area contributed by atoms with E-state index in [9.17, 15) is 14.4 Å². The summed E-state index contributed by atoms with van der Waals surface area (Å²) in [6.45, 7) is 2.89. The van der Waals surface area contributed by atoms with Gasteiger partial charge < -0.3 is 24.4 Å². The number of nitrogens with zero attached hydrogens (tertiary/aromatic N) is 1. The van der Waals surface area contributed by atoms with Gasteiger partial charge in [-0.1, -0.05) is 0 Å². The Kier molecular flexibility index (Phi) is 6.62. The van der Waals surface area contributed by atoms with Crippen LogP contribution < -0.4 is 14.8 Å². The number of ether oxygens (including phenoxy) is 3. The van der Waals surface area contributed by atoms with Crippen LogP contribution >= 0.6 is 0 Å². The van der Waals surface area contributed by atoms with Gasteiger partial charge in [-0.2, -0.15) is 0 Å². The zero-order valence-corrected chi connectivity index (χ0v) is 14.3. The van der Waals surface area contributed by atoms with E-state index in [0.29, 0.717) is 31.2 Å². The summed E-state index contributed by atoms with van der Waals surface area (Å²) < 4.78 is 15.4. The summed E-state index contributed by atoms with van der Waals surface area (Å²) in [6.07, 6.45) is -0.183. The van der Waals surface area contributed by atoms with Crippen molar-refractivity contribution >= 4 is 17.8 Å². The zero-order chi connectivity index (χ0) is 18.2. The van der Waals surface area contributed by atoms with E-state index in [2.05, 4.69) is 10.1 Å². The Morgan fingerprint density at radius 2 is 1.84 bits per heavy atom. The van der Waals surface area contributed by atoms with Gasteiger partial charge in [0, 0.05) is 13.1 Å². The van der Waals surface area contributed by atoms with Crippen LogP contribution in [0, 0.1) is 0 Å². The van der Waals surface area contributed by atoms with Crippen molar-refractivity contribution in [2.24, 2.45) is 0 Å². The number of carbonyl (C=O) groups excluding carboxylic acids is 3. The highest BCUT2D eigenvalue weighted by molar-refractivity contribution is 5.92. The molecule has 1 fully saturated rings. The van der Waals surface area contributed by atoms with Crippen LogP contribution in [0.25, 0.3) is 0 Å². The first-order chi connectivity index (χ1) is 12.0. The molecule has 25 heavy (non-hydrogen) atoms. The lowest BCUT2D eigenvalue weighted by molar-refractivity contribution is -0.151. The van der Waals surface area contributed by atoms with E-state index in [1.54, 1.807) is 24.3 Å². The van der Waals surface area contributed by atoms with Gasteiger partial charge in [0.2, 0.25) is 5.91 Å². The maximum absolute atomic E-state index is 12.4. The fourth-order valence-electron chi connectivity index (χ4n) is 2.48. The molecule has 8 nitrogen and oxygen atoms in total. The van der Waals surface area contributed by atoms with Crippen LogP contribution in [0.15, 0.2) is 24.3 Å². The molecule has 1 saturated heterocycles. The second-order valence-electron chi connectivity index (χ2n) is 5.37. The highest BCUT2D eigenvalue weighted by atomic mass is 16.5. The van der Waals surface area contributed by atoms with Gasteiger partial charge in [-0.05, 0) is 31.2 Å². The summed E-state index contributed by atoms with van der Waals surface area (Å²) in [4.78, 5) is 37.2. The quantitative estimate of drug-likeness (QED) is 0.714. The van der Waals surface area contributed by atoms with Crippen LogP contribution in [0.2, 0.25) is 0 Å². The van der Waals surface area contributed by atoms with E-state index in [-0.39, 0.29) is 24.8 Å². The molecule has 8 heteroatoms. The first-order valence-electron chi connectivity index (χ1n) is 8.04. The Morgan fingerprint density at radius 3 is 2.44 bits per heavy atom. The summed E-state index contributed by atoms with van der Waals surface area (Å²) in [6, 6.07) is 6.02. The van der Waals surface area contributed by atoms with E-state index < -0.39 is 12.0 Å². The number of nitrogens with one attached hydrogen (secondary N) is 1. The van der Waals surface area contributed by atoms with E-state index >= 15 is 0 Å². The molecule has 0 aliphatic carbocycles. The SMILES string of the molecule is CCOc1ccc(OCC(=O)N2CCNC(=O)[C@@H]2CC(=O)OC)cc1. The average Bonchev–Trinajstić information content (AvgIpc) is 2.62. The number of carbonyl (C=O) groups is 3. The number of esters is 1. The van der Waals surface area contributed by atoms with Gasteiger partial charge in [-0.15, -0.1) is 0 Å². The smallest absolute Gasteiger partial charge is 0.308 e. The Labute approximate surface area is 146 Å². The Balaban J connectivity index is 1.95. The number of rotatable bonds is 7. The lowest BCUT2D eigenvalue weighted by Gasteiger charge is -2.34. The molecule has 0 radical (unpaired) electrons. The molecule has 0 saturated carbocycles. The molecule has 0 aromatic heterocycles. The maximum atomic E-state index is 12.4. The van der Waals surface area contributed by atoms with Crippen molar-refractivity contribution in [3.05, 3.63) is 24.3 Å². The molecule has 0 bridgehead atoms. The van der Waals surface area contributed by atoms with E-state index in [4.69, 9.17) is 9.47 Å². The topological polar surface area (TPSA) is 94.2 Å². The van der Waals surface area contributed by atoms with Gasteiger partial charge in [0.05, 0.1) is 20.1 Å². The predicted octanol–water partition coefficient (Wildman–Crippen LogP) is 0.354. The normalized spacial score (nSPS) is 16.8. The molecule has 1 aromatic carbocycles. The third-order valence-corrected chi connectivity index (χ3v) is 3.74. The van der Waals surface area contributed by atoms with Crippen LogP contribution in [-0.4, -0.2) is 62.1 Å². The minimum absolute atomic E-state index is 0.183. The summed E-state index contributed by atoms with van der Waals surface area (Å²) >= 11 is 0. The predicted molar refractivity (Wildman–Crippen MR) is 88.2 cm³/mol. The minimum Gasteiger partial charge on any atom is -0.494 e. The number of methoxy groups -OCH3 is 1. The lowest BCUT2D eigenvalue weighted by atomic mass is 10.1. The molecule has 2 rings (SSSR count). The average molecular weight is 350 g/mol. The molecular weight excluding hydrogens is 328 g/mol. The van der Waals surface area contributed by atoms with Crippen molar-refractivity contribution in [2.45, 2.75) is 19.4 Å². The van der Waals surface area contributed by atoms with Gasteiger partial charge in [0.15, 0.2) is 6.61 Å². The Bertz CT molecular complexity index is 616. The van der Waals surface area contributed by atoms with Crippen molar-refractivity contribution in [3.63, 3.8) is 0 Å². The molecule has 1 aromatic rings. The standard InChI is InChI=1S/C17H22N2O6/c1-3-24-12-4-6-13(7-5-12)25-11-15(20)19-9-8-18-17(22)14(19)10-16(21)23-2/h4-7,14H,3,8-11H2,1-2H3,(H,18,22)/t14-/m0/s1. The van der Waals surface area contributed by atoms with Gasteiger partial charge >= 0.3 is 5.97 Å². The van der Waals surface area contributed by atoms with Crippen LogP contribution in [0.3, 0.4) is 0 Å². The molecule has 0 unspecified atom stereocenters. The Hall–Kier alpha value is -2.77. The fraction of sp³-hybridized carbons (Fsp3) is 0.471. The fourth-order valence-corrected chi connectivity index (χ4v) is 2.48. The van der Waals surface area contributed by atoms with Crippen molar-refractivity contribution in [3.8, 4) is 11.5 Å². The molecule has 1 heterocycles. The van der Waals surface area contributed by atoms with Crippen LogP contribution in [0.1, 0.15) is 13.3 Å². The molecule has 2 amide bonds. The number of benzene rings is 1. The van der Waals surface area contributed by atoms with Crippen molar-refractivity contribution < 1.29 is 28.6 Å². The molecule has 0 spiro atoms. The maximum Gasteiger partial charge on any atom is 0.308 e. The van der Waals surface area contributed by atoms with Gasteiger partial charge in [0.1, 0.15) is 17.5 Å². The van der Waals surface area contributed by atoms with E-state index in [0.717, 1.165) is 0 Å². The summed E-state index contributed by atoms with van der Waals surface area (Å²) in [5.74, 6) is -0.0502. The summed E-state index contributed by atoms with van der Waals surface area (Å²) in [5, 5.41) is 2.64. The molecular formula is C17H22N2O6. The second-order valence-corrected chi connectivity index (χ2v) is 5.37. The third-order valence-electron chi connectivity index (χ3n) is 3.74.